The molecule has 1 amide bonds. The molecule has 0 saturated heterocycles. The summed E-state index contributed by atoms with van der Waals surface area (Å²) in [5, 5.41) is 17.7. The van der Waals surface area contributed by atoms with Gasteiger partial charge in [-0.05, 0) is 55.0 Å². The summed E-state index contributed by atoms with van der Waals surface area (Å²) < 4.78 is 16.2. The molecule has 1 aliphatic heterocycles. The highest BCUT2D eigenvalue weighted by molar-refractivity contribution is 6.33. The molecule has 1 atom stereocenters. The second-order valence-electron chi connectivity index (χ2n) is 10.9. The molecule has 11 nitrogen and oxygen atoms in total. The maximum atomic E-state index is 13.1. The number of fused-ring (bicyclic) bond motifs is 1. The van der Waals surface area contributed by atoms with Gasteiger partial charge in [-0.3, -0.25) is 9.69 Å². The average Bonchev–Trinajstić information content (AvgIpc) is 3.50. The Morgan fingerprint density at radius 1 is 1.33 bits per heavy atom. The minimum atomic E-state index is -0.728. The number of amides is 1. The lowest BCUT2D eigenvalue weighted by molar-refractivity contribution is 0.0841. The zero-order chi connectivity index (χ0) is 29.5. The van der Waals surface area contributed by atoms with Crippen molar-refractivity contribution >= 4 is 29.1 Å². The van der Waals surface area contributed by atoms with Crippen molar-refractivity contribution in [3.8, 4) is 5.75 Å². The molecule has 0 bridgehead atoms. The van der Waals surface area contributed by atoms with Gasteiger partial charge in [-0.1, -0.05) is 17.7 Å². The van der Waals surface area contributed by atoms with E-state index < -0.39 is 6.10 Å². The number of aliphatic hydroxyl groups excluding tert-OH is 1. The zero-order valence-corrected chi connectivity index (χ0v) is 24.9. The number of benzene rings is 1. The number of nitrogens with zero attached hydrogens (tertiary/aromatic N) is 4. The van der Waals surface area contributed by atoms with Crippen LogP contribution in [0.4, 0.5) is 11.6 Å². The monoisotopic (exact) mass is 598 g/mol. The molecule has 226 valence electrons. The number of anilines is 2. The number of ether oxygens (including phenoxy) is 2. The van der Waals surface area contributed by atoms with Gasteiger partial charge >= 0.3 is 0 Å². The number of hydrogen-bond acceptors (Lipinski definition) is 10. The van der Waals surface area contributed by atoms with Crippen LogP contribution in [0.1, 0.15) is 46.5 Å². The number of likely N-dealkylation sites (N-methyl/N-ethyl adjacent to an activating group) is 1. The molecule has 2 aliphatic rings. The number of oxazole rings is 1. The predicted molar refractivity (Wildman–Crippen MR) is 160 cm³/mol. The second kappa shape index (κ2) is 14.2. The van der Waals surface area contributed by atoms with E-state index in [1.807, 2.05) is 24.1 Å². The summed E-state index contributed by atoms with van der Waals surface area (Å²) in [6.07, 6.45) is 6.39. The number of pyridine rings is 1. The van der Waals surface area contributed by atoms with Gasteiger partial charge in [-0.2, -0.15) is 0 Å². The molecule has 0 unspecified atom stereocenters. The van der Waals surface area contributed by atoms with E-state index in [4.69, 9.17) is 30.5 Å². The van der Waals surface area contributed by atoms with E-state index in [1.54, 1.807) is 25.4 Å². The Morgan fingerprint density at radius 3 is 2.93 bits per heavy atom. The maximum absolute atomic E-state index is 13.1. The van der Waals surface area contributed by atoms with Crippen LogP contribution in [-0.2, 0) is 24.3 Å². The number of aliphatic hydroxyl groups is 1. The van der Waals surface area contributed by atoms with E-state index in [0.717, 1.165) is 36.9 Å². The molecule has 1 aromatic carbocycles. The van der Waals surface area contributed by atoms with Gasteiger partial charge in [0.2, 0.25) is 0 Å². The topological polar surface area (TPSA) is 125 Å². The summed E-state index contributed by atoms with van der Waals surface area (Å²) in [7, 11) is 3.59. The summed E-state index contributed by atoms with van der Waals surface area (Å²) in [5.41, 5.74) is 2.66. The number of carbonyl (C=O) groups excluding carboxylic acids is 1. The molecule has 1 saturated carbocycles. The van der Waals surface area contributed by atoms with Crippen LogP contribution < -0.4 is 20.3 Å². The largest absolute Gasteiger partial charge is 0.484 e. The fourth-order valence-corrected chi connectivity index (χ4v) is 5.41. The predicted octanol–water partition coefficient (Wildman–Crippen LogP) is 3.50. The highest BCUT2D eigenvalue weighted by atomic mass is 35.5. The van der Waals surface area contributed by atoms with Gasteiger partial charge in [0.25, 0.3) is 5.91 Å². The highest BCUT2D eigenvalue weighted by Crippen LogP contribution is 2.34. The van der Waals surface area contributed by atoms with Crippen LogP contribution in [0.25, 0.3) is 0 Å². The van der Waals surface area contributed by atoms with E-state index in [9.17, 15) is 9.90 Å². The number of methoxy groups -OCH3 is 1. The Bertz CT molecular complexity index is 1340. The van der Waals surface area contributed by atoms with E-state index >= 15 is 0 Å². The Kier molecular flexibility index (Phi) is 10.2. The van der Waals surface area contributed by atoms with Crippen molar-refractivity contribution in [2.24, 2.45) is 0 Å². The van der Waals surface area contributed by atoms with E-state index in [2.05, 4.69) is 20.5 Å². The smallest absolute Gasteiger partial charge is 0.251 e. The van der Waals surface area contributed by atoms with Crippen molar-refractivity contribution in [2.75, 3.05) is 57.2 Å². The van der Waals surface area contributed by atoms with Crippen LogP contribution in [0.2, 0.25) is 5.02 Å². The lowest BCUT2D eigenvalue weighted by Gasteiger charge is -2.31. The third-order valence-corrected chi connectivity index (χ3v) is 8.16. The van der Waals surface area contributed by atoms with Crippen LogP contribution in [0, 0.1) is 0 Å². The first kappa shape index (κ1) is 30.1. The molecule has 0 spiro atoms. The van der Waals surface area contributed by atoms with Gasteiger partial charge in [-0.25, -0.2) is 9.97 Å². The lowest BCUT2D eigenvalue weighted by Crippen LogP contribution is -2.42. The minimum absolute atomic E-state index is 0.139. The fourth-order valence-electron chi connectivity index (χ4n) is 5.07. The van der Waals surface area contributed by atoms with Crippen LogP contribution >= 0.6 is 11.6 Å². The molecule has 3 aromatic rings. The molecule has 1 fully saturated rings. The molecule has 5 rings (SSSR count). The van der Waals surface area contributed by atoms with E-state index in [1.165, 1.54) is 12.8 Å². The number of rotatable bonds is 14. The lowest BCUT2D eigenvalue weighted by atomic mass is 9.93. The van der Waals surface area contributed by atoms with E-state index in [-0.39, 0.29) is 19.1 Å². The third kappa shape index (κ3) is 7.71. The summed E-state index contributed by atoms with van der Waals surface area (Å²) in [6, 6.07) is 7.82. The average molecular weight is 599 g/mol. The molecular weight excluding hydrogens is 560 g/mol. The number of nitrogens with one attached hydrogen (secondary N) is 2. The first-order valence-electron chi connectivity index (χ1n) is 14.4. The maximum Gasteiger partial charge on any atom is 0.251 e. The molecule has 3 N–H and O–H groups in total. The van der Waals surface area contributed by atoms with Gasteiger partial charge in [0, 0.05) is 58.5 Å². The highest BCUT2D eigenvalue weighted by Gasteiger charge is 2.24. The Labute approximate surface area is 251 Å². The van der Waals surface area contributed by atoms with Crippen molar-refractivity contribution in [1.29, 1.82) is 0 Å². The van der Waals surface area contributed by atoms with Gasteiger partial charge in [0.05, 0.1) is 23.9 Å². The van der Waals surface area contributed by atoms with Gasteiger partial charge < -0.3 is 34.5 Å². The standard InChI is InChI=1S/C30H39ClN6O5/c1-36(10-11-40-2)28-13-21(12-27(35-28)34-22-4-3-5-22)30(39)33-14-23(38)17-37-9-8-25-20(16-37)6-7-26(29(25)31)41-18-24-15-32-19-42-24/h6-7,12-13,15,19,22-23,38H,3-5,8-11,14,16-18H2,1-2H3,(H,33,39)(H,34,35)/t23-/m0/s1. The number of halogens is 1. The Morgan fingerprint density at radius 2 is 2.19 bits per heavy atom. The summed E-state index contributed by atoms with van der Waals surface area (Å²) in [4.78, 5) is 25.9. The molecule has 0 radical (unpaired) electrons. The molecule has 1 aliphatic carbocycles. The van der Waals surface area contributed by atoms with Gasteiger partial charge in [0.15, 0.2) is 12.2 Å². The summed E-state index contributed by atoms with van der Waals surface area (Å²) in [5.74, 6) is 2.37. The SMILES string of the molecule is COCCN(C)c1cc(C(=O)NC[C@H](O)CN2CCc3c(ccc(OCc4cnco4)c3Cl)C2)cc(NC2CCC2)n1. The zero-order valence-electron chi connectivity index (χ0n) is 24.1. The van der Waals surface area contributed by atoms with Gasteiger partial charge in [-0.15, -0.1) is 0 Å². The first-order valence-corrected chi connectivity index (χ1v) is 14.7. The fraction of sp³-hybridized carbons (Fsp3) is 0.500. The van der Waals surface area contributed by atoms with Crippen molar-refractivity contribution in [3.63, 3.8) is 0 Å². The van der Waals surface area contributed by atoms with Crippen molar-refractivity contribution < 1.29 is 23.8 Å². The summed E-state index contributed by atoms with van der Waals surface area (Å²) in [6.45, 7) is 3.42. The van der Waals surface area contributed by atoms with Crippen molar-refractivity contribution in [3.05, 3.63) is 64.3 Å². The molecule has 12 heteroatoms. The van der Waals surface area contributed by atoms with Crippen molar-refractivity contribution in [1.82, 2.24) is 20.2 Å². The third-order valence-electron chi connectivity index (χ3n) is 7.75. The minimum Gasteiger partial charge on any atom is -0.484 e. The normalized spacial score (nSPS) is 15.9. The second-order valence-corrected chi connectivity index (χ2v) is 11.3. The summed E-state index contributed by atoms with van der Waals surface area (Å²) >= 11 is 6.66. The van der Waals surface area contributed by atoms with Crippen LogP contribution in [0.15, 0.2) is 41.3 Å². The number of hydrogen-bond donors (Lipinski definition) is 3. The van der Waals surface area contributed by atoms with Crippen molar-refractivity contribution in [2.45, 2.75) is 51.0 Å². The quantitative estimate of drug-likeness (QED) is 0.254. The van der Waals surface area contributed by atoms with Crippen LogP contribution in [0.5, 0.6) is 5.75 Å². The van der Waals surface area contributed by atoms with Crippen LogP contribution in [0.3, 0.4) is 0 Å². The molecule has 3 heterocycles. The van der Waals surface area contributed by atoms with E-state index in [0.29, 0.717) is 66.0 Å². The van der Waals surface area contributed by atoms with Crippen LogP contribution in [-0.4, -0.2) is 85.0 Å². The van der Waals surface area contributed by atoms with Gasteiger partial charge in [0.1, 0.15) is 24.0 Å². The Balaban J connectivity index is 1.14. The molecule has 2 aromatic heterocycles. The molecule has 42 heavy (non-hydrogen) atoms. The first-order chi connectivity index (χ1) is 20.4. The Hall–Kier alpha value is -3.38. The number of aromatic nitrogens is 2. The molecular formula is C30H39ClN6O5. The number of carbonyl (C=O) groups is 1. The number of β-amino-alcohol motifs (C(OH)–C–C–N with tert-alkyl or cyclic N) is 1.